The summed E-state index contributed by atoms with van der Waals surface area (Å²) in [6, 6.07) is 4.69. The smallest absolute Gasteiger partial charge is 0.242 e. The van der Waals surface area contributed by atoms with Crippen LogP contribution in [0.25, 0.3) is 0 Å². The van der Waals surface area contributed by atoms with E-state index in [1.54, 1.807) is 45.0 Å². The molecule has 5 heteroatoms. The third-order valence-corrected chi connectivity index (χ3v) is 3.14. The summed E-state index contributed by atoms with van der Waals surface area (Å²) in [5.74, 6) is -0.270. The van der Waals surface area contributed by atoms with Gasteiger partial charge in [-0.15, -0.1) is 0 Å². The highest BCUT2D eigenvalue weighted by Gasteiger charge is 2.28. The summed E-state index contributed by atoms with van der Waals surface area (Å²) in [7, 11) is 4.85. The van der Waals surface area contributed by atoms with Gasteiger partial charge in [-0.1, -0.05) is 6.07 Å². The number of amides is 1. The van der Waals surface area contributed by atoms with Gasteiger partial charge in [0.15, 0.2) is 11.6 Å². The Hall–Kier alpha value is -1.62. The highest BCUT2D eigenvalue weighted by atomic mass is 19.1. The number of halogens is 1. The number of likely N-dealkylation sites (N-methyl/N-ethyl adjacent to an activating group) is 2. The fourth-order valence-corrected chi connectivity index (χ4v) is 1.74. The minimum absolute atomic E-state index is 0.0498. The fraction of sp³-hybridized carbons (Fsp3) is 0.500. The van der Waals surface area contributed by atoms with E-state index in [1.807, 2.05) is 0 Å². The third-order valence-electron chi connectivity index (χ3n) is 3.14. The molecule has 0 saturated carbocycles. The zero-order chi connectivity index (χ0) is 14.6. The first-order valence-electron chi connectivity index (χ1n) is 6.08. The molecular weight excluding hydrogens is 247 g/mol. The predicted octanol–water partition coefficient (Wildman–Crippen LogP) is 1.79. The Morgan fingerprint density at radius 3 is 2.58 bits per heavy atom. The largest absolute Gasteiger partial charge is 0.494 e. The van der Waals surface area contributed by atoms with Gasteiger partial charge in [-0.25, -0.2) is 4.39 Å². The molecule has 1 aromatic rings. The van der Waals surface area contributed by atoms with E-state index >= 15 is 0 Å². The molecule has 1 aromatic carbocycles. The van der Waals surface area contributed by atoms with Crippen LogP contribution in [0, 0.1) is 5.82 Å². The molecule has 0 aromatic heterocycles. The normalized spacial score (nSPS) is 11.3. The number of rotatable bonds is 5. The molecule has 1 rings (SSSR count). The lowest BCUT2D eigenvalue weighted by Gasteiger charge is -2.29. The average Bonchev–Trinajstić information content (AvgIpc) is 2.38. The summed E-state index contributed by atoms with van der Waals surface area (Å²) in [5, 5.41) is 2.95. The molecule has 0 aliphatic heterocycles. The van der Waals surface area contributed by atoms with Crippen molar-refractivity contribution in [3.63, 3.8) is 0 Å². The van der Waals surface area contributed by atoms with Crippen LogP contribution < -0.4 is 10.1 Å². The van der Waals surface area contributed by atoms with Gasteiger partial charge in [-0.05, 0) is 38.6 Å². The summed E-state index contributed by atoms with van der Waals surface area (Å²) in [5.41, 5.74) is 0.0841. The Labute approximate surface area is 113 Å². The lowest BCUT2D eigenvalue weighted by atomic mass is 10.0. The first kappa shape index (κ1) is 15.4. The van der Waals surface area contributed by atoms with Gasteiger partial charge in [-0.2, -0.15) is 0 Å². The standard InChI is InChI=1S/C14H21FN2O2/c1-14(2,16-3)13(18)17(4)9-10-6-7-12(19-5)11(15)8-10/h6-8,16H,9H2,1-5H3. The second-order valence-corrected chi connectivity index (χ2v) is 5.01. The molecule has 0 aliphatic carbocycles. The molecule has 0 fully saturated rings. The van der Waals surface area contributed by atoms with Crippen LogP contribution in [-0.2, 0) is 11.3 Å². The first-order chi connectivity index (χ1) is 8.81. The lowest BCUT2D eigenvalue weighted by molar-refractivity contribution is -0.136. The van der Waals surface area contributed by atoms with Crippen molar-refractivity contribution in [3.05, 3.63) is 29.6 Å². The summed E-state index contributed by atoms with van der Waals surface area (Å²) >= 11 is 0. The number of nitrogens with one attached hydrogen (secondary N) is 1. The Bertz CT molecular complexity index is 461. The number of benzene rings is 1. The molecule has 4 nitrogen and oxygen atoms in total. The molecule has 0 unspecified atom stereocenters. The molecule has 0 atom stereocenters. The monoisotopic (exact) mass is 268 g/mol. The number of nitrogens with zero attached hydrogens (tertiary/aromatic N) is 1. The van der Waals surface area contributed by atoms with Crippen molar-refractivity contribution >= 4 is 5.91 Å². The van der Waals surface area contributed by atoms with Gasteiger partial charge in [-0.3, -0.25) is 4.79 Å². The molecule has 106 valence electrons. The van der Waals surface area contributed by atoms with Gasteiger partial charge in [0.2, 0.25) is 5.91 Å². The van der Waals surface area contributed by atoms with E-state index in [2.05, 4.69) is 5.32 Å². The van der Waals surface area contributed by atoms with Crippen LogP contribution in [0.4, 0.5) is 4.39 Å². The van der Waals surface area contributed by atoms with Crippen LogP contribution in [0.1, 0.15) is 19.4 Å². The molecule has 19 heavy (non-hydrogen) atoms. The van der Waals surface area contributed by atoms with Gasteiger partial charge in [0, 0.05) is 13.6 Å². The summed E-state index contributed by atoms with van der Waals surface area (Å²) in [6.07, 6.45) is 0. The second-order valence-electron chi connectivity index (χ2n) is 5.01. The molecule has 0 radical (unpaired) electrons. The van der Waals surface area contributed by atoms with Gasteiger partial charge < -0.3 is 15.0 Å². The summed E-state index contributed by atoms with van der Waals surface area (Å²) in [6.45, 7) is 3.96. The first-order valence-corrected chi connectivity index (χ1v) is 6.08. The Morgan fingerprint density at radius 2 is 2.11 bits per heavy atom. The van der Waals surface area contributed by atoms with Crippen LogP contribution in [-0.4, -0.2) is 37.6 Å². The van der Waals surface area contributed by atoms with Gasteiger partial charge in [0.25, 0.3) is 0 Å². The van der Waals surface area contributed by atoms with Crippen molar-refractivity contribution in [2.75, 3.05) is 21.2 Å². The van der Waals surface area contributed by atoms with Crippen molar-refractivity contribution < 1.29 is 13.9 Å². The van der Waals surface area contributed by atoms with E-state index in [4.69, 9.17) is 4.74 Å². The minimum Gasteiger partial charge on any atom is -0.494 e. The zero-order valence-electron chi connectivity index (χ0n) is 12.1. The van der Waals surface area contributed by atoms with Crippen molar-refractivity contribution in [1.82, 2.24) is 10.2 Å². The molecule has 0 aliphatic rings. The summed E-state index contributed by atoms with van der Waals surface area (Å²) < 4.78 is 18.4. The quantitative estimate of drug-likeness (QED) is 0.885. The van der Waals surface area contributed by atoms with E-state index in [-0.39, 0.29) is 11.7 Å². The number of methoxy groups -OCH3 is 1. The Kier molecular flexibility index (Phi) is 4.89. The van der Waals surface area contributed by atoms with E-state index in [1.165, 1.54) is 13.2 Å². The number of hydrogen-bond donors (Lipinski definition) is 1. The molecule has 1 N–H and O–H groups in total. The fourth-order valence-electron chi connectivity index (χ4n) is 1.74. The maximum absolute atomic E-state index is 13.6. The zero-order valence-corrected chi connectivity index (χ0v) is 12.1. The minimum atomic E-state index is -0.639. The van der Waals surface area contributed by atoms with E-state index < -0.39 is 11.4 Å². The molecule has 0 spiro atoms. The SMILES string of the molecule is CNC(C)(C)C(=O)N(C)Cc1ccc(OC)c(F)c1. The van der Waals surface area contributed by atoms with Crippen LogP contribution in [0.15, 0.2) is 18.2 Å². The van der Waals surface area contributed by atoms with Crippen LogP contribution in [0.2, 0.25) is 0 Å². The second kappa shape index (κ2) is 6.02. The van der Waals surface area contributed by atoms with Gasteiger partial charge >= 0.3 is 0 Å². The molecular formula is C14H21FN2O2. The Balaban J connectivity index is 2.80. The number of ether oxygens (including phenoxy) is 1. The predicted molar refractivity (Wildman–Crippen MR) is 72.6 cm³/mol. The highest BCUT2D eigenvalue weighted by Crippen LogP contribution is 2.19. The van der Waals surface area contributed by atoms with Crippen LogP contribution in [0.3, 0.4) is 0 Å². The lowest BCUT2D eigenvalue weighted by Crippen LogP contribution is -2.51. The number of carbonyl (C=O) groups is 1. The van der Waals surface area contributed by atoms with Gasteiger partial charge in [0.05, 0.1) is 12.6 Å². The molecule has 0 heterocycles. The number of hydrogen-bond acceptors (Lipinski definition) is 3. The van der Waals surface area contributed by atoms with Crippen molar-refractivity contribution in [2.45, 2.75) is 25.9 Å². The molecule has 0 bridgehead atoms. The van der Waals surface area contributed by atoms with E-state index in [0.717, 1.165) is 5.56 Å². The van der Waals surface area contributed by atoms with Crippen molar-refractivity contribution in [3.8, 4) is 5.75 Å². The van der Waals surface area contributed by atoms with Crippen LogP contribution >= 0.6 is 0 Å². The third kappa shape index (κ3) is 3.67. The number of carbonyl (C=O) groups excluding carboxylic acids is 1. The maximum atomic E-state index is 13.6. The Morgan fingerprint density at radius 1 is 1.47 bits per heavy atom. The van der Waals surface area contributed by atoms with Crippen molar-refractivity contribution in [1.29, 1.82) is 0 Å². The van der Waals surface area contributed by atoms with E-state index in [0.29, 0.717) is 6.54 Å². The highest BCUT2D eigenvalue weighted by molar-refractivity contribution is 5.85. The van der Waals surface area contributed by atoms with E-state index in [9.17, 15) is 9.18 Å². The average molecular weight is 268 g/mol. The topological polar surface area (TPSA) is 41.6 Å². The molecule has 0 saturated heterocycles. The summed E-state index contributed by atoms with van der Waals surface area (Å²) in [4.78, 5) is 13.7. The van der Waals surface area contributed by atoms with Crippen molar-refractivity contribution in [2.24, 2.45) is 0 Å². The van der Waals surface area contributed by atoms with Gasteiger partial charge in [0.1, 0.15) is 0 Å². The van der Waals surface area contributed by atoms with Crippen LogP contribution in [0.5, 0.6) is 5.75 Å². The maximum Gasteiger partial charge on any atom is 0.242 e. The molecule has 1 amide bonds.